The summed E-state index contributed by atoms with van der Waals surface area (Å²) in [5.74, 6) is -0.278. The summed E-state index contributed by atoms with van der Waals surface area (Å²) in [5.41, 5.74) is 6.01. The van der Waals surface area contributed by atoms with E-state index in [1.807, 2.05) is 6.92 Å². The van der Waals surface area contributed by atoms with Crippen LogP contribution in [0.3, 0.4) is 0 Å². The number of halogens is 3. The molecule has 4 heteroatoms. The molecule has 0 saturated heterocycles. The highest BCUT2D eigenvalue weighted by molar-refractivity contribution is 9.10. The number of benzene rings is 1. The average molecular weight is 267 g/mol. The summed E-state index contributed by atoms with van der Waals surface area (Å²) in [4.78, 5) is 0. The van der Waals surface area contributed by atoms with Crippen molar-refractivity contribution in [2.75, 3.05) is 6.54 Å². The zero-order chi connectivity index (χ0) is 10.0. The van der Waals surface area contributed by atoms with Crippen LogP contribution in [-0.2, 0) is 0 Å². The maximum atomic E-state index is 13.3. The minimum absolute atomic E-state index is 0.00870. The molecule has 0 amide bonds. The van der Waals surface area contributed by atoms with E-state index in [0.29, 0.717) is 21.6 Å². The predicted molar refractivity (Wildman–Crippen MR) is 56.6 cm³/mol. The molecule has 1 rings (SSSR count). The number of hydrogen-bond acceptors (Lipinski definition) is 1. The van der Waals surface area contributed by atoms with Crippen molar-refractivity contribution in [2.45, 2.75) is 12.8 Å². The molecule has 72 valence electrons. The third-order valence-corrected chi connectivity index (χ3v) is 3.12. The molecule has 1 nitrogen and oxygen atoms in total. The first-order valence-electron chi connectivity index (χ1n) is 3.90. The van der Waals surface area contributed by atoms with Crippen LogP contribution in [0.25, 0.3) is 0 Å². The fraction of sp³-hybridized carbons (Fsp3) is 0.333. The second-order valence-corrected chi connectivity index (χ2v) is 4.19. The van der Waals surface area contributed by atoms with E-state index in [-0.39, 0.29) is 11.7 Å². The van der Waals surface area contributed by atoms with E-state index in [1.165, 1.54) is 6.07 Å². The van der Waals surface area contributed by atoms with E-state index in [0.717, 1.165) is 0 Å². The largest absolute Gasteiger partial charge is 0.330 e. The van der Waals surface area contributed by atoms with Gasteiger partial charge in [-0.3, -0.25) is 0 Å². The molecule has 0 fully saturated rings. The van der Waals surface area contributed by atoms with Gasteiger partial charge in [-0.15, -0.1) is 0 Å². The van der Waals surface area contributed by atoms with Gasteiger partial charge in [0.25, 0.3) is 0 Å². The van der Waals surface area contributed by atoms with Gasteiger partial charge in [0, 0.05) is 4.47 Å². The highest BCUT2D eigenvalue weighted by atomic mass is 79.9. The fourth-order valence-electron chi connectivity index (χ4n) is 1.04. The molecule has 1 aromatic carbocycles. The number of rotatable bonds is 2. The summed E-state index contributed by atoms with van der Waals surface area (Å²) in [7, 11) is 0. The van der Waals surface area contributed by atoms with Crippen LogP contribution in [-0.4, -0.2) is 6.54 Å². The lowest BCUT2D eigenvalue weighted by Gasteiger charge is -2.11. The first kappa shape index (κ1) is 11.0. The molecule has 0 aliphatic rings. The van der Waals surface area contributed by atoms with Crippen molar-refractivity contribution in [3.05, 3.63) is 33.0 Å². The van der Waals surface area contributed by atoms with Crippen molar-refractivity contribution in [1.82, 2.24) is 0 Å². The van der Waals surface area contributed by atoms with Crippen LogP contribution < -0.4 is 5.73 Å². The van der Waals surface area contributed by atoms with Crippen molar-refractivity contribution in [3.63, 3.8) is 0 Å². The molecule has 0 aliphatic heterocycles. The third-order valence-electron chi connectivity index (χ3n) is 1.92. The molecule has 1 unspecified atom stereocenters. The van der Waals surface area contributed by atoms with Crippen LogP contribution in [0.1, 0.15) is 18.4 Å². The van der Waals surface area contributed by atoms with Crippen molar-refractivity contribution in [1.29, 1.82) is 0 Å². The van der Waals surface area contributed by atoms with Gasteiger partial charge >= 0.3 is 0 Å². The molecule has 0 heterocycles. The molecule has 13 heavy (non-hydrogen) atoms. The van der Waals surface area contributed by atoms with Gasteiger partial charge in [0.05, 0.1) is 5.02 Å². The molecule has 0 saturated carbocycles. The monoisotopic (exact) mass is 265 g/mol. The standard InChI is InChI=1S/C9H10BrClFN/c1-5(4-13)6-2-8(11)7(10)3-9(6)12/h2-3,5H,4,13H2,1H3. The van der Waals surface area contributed by atoms with Gasteiger partial charge in [-0.2, -0.15) is 0 Å². The summed E-state index contributed by atoms with van der Waals surface area (Å²) in [6, 6.07) is 2.97. The van der Waals surface area contributed by atoms with Crippen molar-refractivity contribution < 1.29 is 4.39 Å². The van der Waals surface area contributed by atoms with Gasteiger partial charge < -0.3 is 5.73 Å². The fourth-order valence-corrected chi connectivity index (χ4v) is 1.53. The topological polar surface area (TPSA) is 26.0 Å². The van der Waals surface area contributed by atoms with Gasteiger partial charge in [0.15, 0.2) is 0 Å². The summed E-state index contributed by atoms with van der Waals surface area (Å²) in [5, 5.41) is 0.511. The lowest BCUT2D eigenvalue weighted by atomic mass is 10.0. The molecular weight excluding hydrogens is 256 g/mol. The molecule has 0 bridgehead atoms. The highest BCUT2D eigenvalue weighted by Gasteiger charge is 2.11. The lowest BCUT2D eigenvalue weighted by Crippen LogP contribution is -2.10. The van der Waals surface area contributed by atoms with Crippen LogP contribution in [0.2, 0.25) is 5.02 Å². The van der Waals surface area contributed by atoms with Crippen LogP contribution in [0, 0.1) is 5.82 Å². The Morgan fingerprint density at radius 2 is 2.23 bits per heavy atom. The van der Waals surface area contributed by atoms with E-state index < -0.39 is 0 Å². The van der Waals surface area contributed by atoms with E-state index in [9.17, 15) is 4.39 Å². The van der Waals surface area contributed by atoms with Crippen LogP contribution in [0.15, 0.2) is 16.6 Å². The third kappa shape index (κ3) is 2.42. The second-order valence-electron chi connectivity index (χ2n) is 2.92. The van der Waals surface area contributed by atoms with Crippen LogP contribution in [0.4, 0.5) is 4.39 Å². The highest BCUT2D eigenvalue weighted by Crippen LogP contribution is 2.28. The molecule has 0 aromatic heterocycles. The Balaban J connectivity index is 3.15. The molecule has 1 atom stereocenters. The zero-order valence-electron chi connectivity index (χ0n) is 7.15. The number of hydrogen-bond donors (Lipinski definition) is 1. The van der Waals surface area contributed by atoms with E-state index >= 15 is 0 Å². The minimum Gasteiger partial charge on any atom is -0.330 e. The molecule has 0 radical (unpaired) electrons. The Morgan fingerprint density at radius 3 is 2.77 bits per heavy atom. The molecular formula is C9H10BrClFN. The second kappa shape index (κ2) is 4.40. The van der Waals surface area contributed by atoms with Gasteiger partial charge in [-0.25, -0.2) is 4.39 Å². The maximum absolute atomic E-state index is 13.3. The molecule has 0 aliphatic carbocycles. The number of nitrogens with two attached hydrogens (primary N) is 1. The first-order chi connectivity index (χ1) is 6.06. The molecule has 0 spiro atoms. The van der Waals surface area contributed by atoms with Gasteiger partial charge in [0.1, 0.15) is 5.82 Å². The average Bonchev–Trinajstić information content (AvgIpc) is 2.10. The summed E-state index contributed by atoms with van der Waals surface area (Å²) in [6.45, 7) is 2.28. The lowest BCUT2D eigenvalue weighted by molar-refractivity contribution is 0.590. The SMILES string of the molecule is CC(CN)c1cc(Cl)c(Br)cc1F. The first-order valence-corrected chi connectivity index (χ1v) is 5.08. The Morgan fingerprint density at radius 1 is 1.62 bits per heavy atom. The van der Waals surface area contributed by atoms with Crippen LogP contribution >= 0.6 is 27.5 Å². The van der Waals surface area contributed by atoms with Gasteiger partial charge in [-0.05, 0) is 46.1 Å². The Labute approximate surface area is 90.2 Å². The van der Waals surface area contributed by atoms with E-state index in [2.05, 4.69) is 15.9 Å². The molecule has 1 aromatic rings. The van der Waals surface area contributed by atoms with Gasteiger partial charge in [-0.1, -0.05) is 18.5 Å². The van der Waals surface area contributed by atoms with Crippen molar-refractivity contribution >= 4 is 27.5 Å². The maximum Gasteiger partial charge on any atom is 0.127 e. The summed E-state index contributed by atoms with van der Waals surface area (Å²) < 4.78 is 13.9. The minimum atomic E-state index is -0.269. The van der Waals surface area contributed by atoms with E-state index in [1.54, 1.807) is 6.07 Å². The normalized spacial score (nSPS) is 13.0. The Hall–Kier alpha value is -0.120. The van der Waals surface area contributed by atoms with Crippen molar-refractivity contribution in [3.8, 4) is 0 Å². The van der Waals surface area contributed by atoms with Gasteiger partial charge in [0.2, 0.25) is 0 Å². The summed E-state index contributed by atoms with van der Waals surface area (Å²) >= 11 is 8.98. The quantitative estimate of drug-likeness (QED) is 0.817. The zero-order valence-corrected chi connectivity index (χ0v) is 9.49. The Bertz CT molecular complexity index is 317. The predicted octanol–water partition coefficient (Wildman–Crippen LogP) is 3.30. The van der Waals surface area contributed by atoms with Crippen molar-refractivity contribution in [2.24, 2.45) is 5.73 Å². The van der Waals surface area contributed by atoms with Crippen LogP contribution in [0.5, 0.6) is 0 Å². The molecule has 2 N–H and O–H groups in total. The Kier molecular flexibility index (Phi) is 3.71. The summed E-state index contributed by atoms with van der Waals surface area (Å²) in [6.07, 6.45) is 0. The van der Waals surface area contributed by atoms with E-state index in [4.69, 9.17) is 17.3 Å². The smallest absolute Gasteiger partial charge is 0.127 e.